The van der Waals surface area contributed by atoms with Gasteiger partial charge in [-0.1, -0.05) is 13.0 Å². The molecule has 1 atom stereocenters. The molecule has 0 radical (unpaired) electrons. The van der Waals surface area contributed by atoms with Crippen molar-refractivity contribution < 1.29 is 0 Å². The monoisotopic (exact) mass is 202 g/mol. The predicted octanol–water partition coefficient (Wildman–Crippen LogP) is 2.88. The van der Waals surface area contributed by atoms with Crippen LogP contribution in [0.1, 0.15) is 24.8 Å². The first kappa shape index (κ1) is 10.2. The van der Waals surface area contributed by atoms with Crippen LogP contribution >= 0.6 is 0 Å². The number of hydrogen-bond donors (Lipinski definition) is 2. The summed E-state index contributed by atoms with van der Waals surface area (Å²) in [4.78, 5) is 3.22. The second kappa shape index (κ2) is 4.49. The molecule has 0 aliphatic carbocycles. The van der Waals surface area contributed by atoms with Gasteiger partial charge in [0.05, 0.1) is 0 Å². The quantitative estimate of drug-likeness (QED) is 0.784. The highest BCUT2D eigenvalue weighted by Gasteiger charge is 2.08. The van der Waals surface area contributed by atoms with E-state index in [4.69, 9.17) is 0 Å². The number of rotatable bonds is 4. The average molecular weight is 202 g/mol. The van der Waals surface area contributed by atoms with Crippen molar-refractivity contribution in [3.05, 3.63) is 36.0 Å². The van der Waals surface area contributed by atoms with E-state index in [2.05, 4.69) is 41.5 Å². The van der Waals surface area contributed by atoms with E-state index in [9.17, 15) is 0 Å². The molecule has 1 aromatic carbocycles. The number of aromatic amines is 1. The lowest BCUT2D eigenvalue weighted by molar-refractivity contribution is 0.612. The van der Waals surface area contributed by atoms with Crippen molar-refractivity contribution in [3.63, 3.8) is 0 Å². The Hall–Kier alpha value is -1.28. The summed E-state index contributed by atoms with van der Waals surface area (Å²) < 4.78 is 0. The Labute approximate surface area is 90.7 Å². The smallest absolute Gasteiger partial charge is 0.0454 e. The number of hydrogen-bond acceptors (Lipinski definition) is 1. The molecule has 1 unspecified atom stereocenters. The fraction of sp³-hybridized carbons (Fsp3) is 0.385. The van der Waals surface area contributed by atoms with E-state index in [1.54, 1.807) is 0 Å². The molecule has 1 aromatic heterocycles. The molecule has 2 rings (SSSR count). The molecule has 0 bridgehead atoms. The molecule has 2 aromatic rings. The summed E-state index contributed by atoms with van der Waals surface area (Å²) in [5.41, 5.74) is 2.65. The minimum absolute atomic E-state index is 0.620. The van der Waals surface area contributed by atoms with Crippen molar-refractivity contribution in [1.82, 2.24) is 10.3 Å². The fourth-order valence-electron chi connectivity index (χ4n) is 2.07. The third-order valence-corrected chi connectivity index (χ3v) is 2.99. The summed E-state index contributed by atoms with van der Waals surface area (Å²) in [5.74, 6) is 0.620. The maximum atomic E-state index is 3.25. The van der Waals surface area contributed by atoms with Gasteiger partial charge in [0.1, 0.15) is 0 Å². The lowest BCUT2D eigenvalue weighted by Gasteiger charge is -2.14. The molecular formula is C13H18N2. The highest BCUT2D eigenvalue weighted by molar-refractivity contribution is 5.80. The average Bonchev–Trinajstić information content (AvgIpc) is 2.72. The first-order valence-corrected chi connectivity index (χ1v) is 5.56. The van der Waals surface area contributed by atoms with Crippen LogP contribution in [0.2, 0.25) is 0 Å². The van der Waals surface area contributed by atoms with Gasteiger partial charge >= 0.3 is 0 Å². The molecule has 2 N–H and O–H groups in total. The van der Waals surface area contributed by atoms with Gasteiger partial charge in [-0.05, 0) is 48.5 Å². The maximum Gasteiger partial charge on any atom is 0.0454 e. The normalized spacial score (nSPS) is 13.2. The molecule has 2 heteroatoms. The van der Waals surface area contributed by atoms with Gasteiger partial charge in [-0.15, -0.1) is 0 Å². The fourth-order valence-corrected chi connectivity index (χ4v) is 2.07. The van der Waals surface area contributed by atoms with Gasteiger partial charge in [-0.3, -0.25) is 0 Å². The molecule has 1 heterocycles. The van der Waals surface area contributed by atoms with Crippen molar-refractivity contribution in [2.45, 2.75) is 19.3 Å². The molecule has 2 nitrogen and oxygen atoms in total. The third-order valence-electron chi connectivity index (χ3n) is 2.99. The minimum atomic E-state index is 0.620. The first-order chi connectivity index (χ1) is 7.35. The Morgan fingerprint density at radius 2 is 2.20 bits per heavy atom. The number of aromatic nitrogens is 1. The van der Waals surface area contributed by atoms with Gasteiger partial charge in [-0.25, -0.2) is 0 Å². The first-order valence-electron chi connectivity index (χ1n) is 5.56. The Balaban J connectivity index is 2.33. The SMILES string of the molecule is CCC(CNC)c1ccc2[nH]ccc2c1. The van der Waals surface area contributed by atoms with Crippen LogP contribution in [0.15, 0.2) is 30.5 Å². The molecule has 0 fully saturated rings. The van der Waals surface area contributed by atoms with Crippen LogP contribution in [0, 0.1) is 0 Å². The van der Waals surface area contributed by atoms with Crippen molar-refractivity contribution in [2.75, 3.05) is 13.6 Å². The highest BCUT2D eigenvalue weighted by Crippen LogP contribution is 2.22. The summed E-state index contributed by atoms with van der Waals surface area (Å²) in [7, 11) is 2.01. The van der Waals surface area contributed by atoms with Crippen LogP contribution in [-0.4, -0.2) is 18.6 Å². The van der Waals surface area contributed by atoms with Crippen LogP contribution in [-0.2, 0) is 0 Å². The van der Waals surface area contributed by atoms with Gasteiger partial charge in [0.25, 0.3) is 0 Å². The van der Waals surface area contributed by atoms with Gasteiger partial charge < -0.3 is 10.3 Å². The largest absolute Gasteiger partial charge is 0.361 e. The molecule has 0 saturated carbocycles. The Morgan fingerprint density at radius 1 is 1.33 bits per heavy atom. The zero-order valence-electron chi connectivity index (χ0n) is 9.38. The summed E-state index contributed by atoms with van der Waals surface area (Å²) in [5, 5.41) is 4.56. The topological polar surface area (TPSA) is 27.8 Å². The van der Waals surface area contributed by atoms with Crippen molar-refractivity contribution >= 4 is 10.9 Å². The van der Waals surface area contributed by atoms with Gasteiger partial charge in [0.15, 0.2) is 0 Å². The van der Waals surface area contributed by atoms with E-state index >= 15 is 0 Å². The molecule has 80 valence electrons. The predicted molar refractivity (Wildman–Crippen MR) is 65.3 cm³/mol. The molecule has 15 heavy (non-hydrogen) atoms. The number of likely N-dealkylation sites (N-methyl/N-ethyl adjacent to an activating group) is 1. The lowest BCUT2D eigenvalue weighted by Crippen LogP contribution is -2.16. The summed E-state index contributed by atoms with van der Waals surface area (Å²) >= 11 is 0. The van der Waals surface area contributed by atoms with Crippen LogP contribution in [0.5, 0.6) is 0 Å². The molecule has 0 saturated heterocycles. The van der Waals surface area contributed by atoms with E-state index in [-0.39, 0.29) is 0 Å². The van der Waals surface area contributed by atoms with E-state index in [1.807, 2.05) is 13.2 Å². The third kappa shape index (κ3) is 2.05. The summed E-state index contributed by atoms with van der Waals surface area (Å²) in [6.45, 7) is 3.29. The van der Waals surface area contributed by atoms with Crippen LogP contribution < -0.4 is 5.32 Å². The zero-order valence-corrected chi connectivity index (χ0v) is 9.38. The van der Waals surface area contributed by atoms with E-state index < -0.39 is 0 Å². The van der Waals surface area contributed by atoms with E-state index in [0.717, 1.165) is 6.54 Å². The Bertz CT molecular complexity index is 431. The minimum Gasteiger partial charge on any atom is -0.361 e. The van der Waals surface area contributed by atoms with E-state index in [1.165, 1.54) is 22.9 Å². The van der Waals surface area contributed by atoms with Gasteiger partial charge in [0, 0.05) is 18.3 Å². The number of nitrogens with one attached hydrogen (secondary N) is 2. The van der Waals surface area contributed by atoms with Crippen LogP contribution in [0.25, 0.3) is 10.9 Å². The molecule has 0 aliphatic rings. The molecule has 0 amide bonds. The Kier molecular flexibility index (Phi) is 3.07. The van der Waals surface area contributed by atoms with Gasteiger partial charge in [-0.2, -0.15) is 0 Å². The van der Waals surface area contributed by atoms with Gasteiger partial charge in [0.2, 0.25) is 0 Å². The standard InChI is InChI=1S/C13H18N2/c1-3-10(9-14-2)11-4-5-13-12(8-11)6-7-15-13/h4-8,10,14-15H,3,9H2,1-2H3. The highest BCUT2D eigenvalue weighted by atomic mass is 14.8. The number of fused-ring (bicyclic) bond motifs is 1. The number of H-pyrrole nitrogens is 1. The van der Waals surface area contributed by atoms with Crippen LogP contribution in [0.3, 0.4) is 0 Å². The van der Waals surface area contributed by atoms with Crippen molar-refractivity contribution in [2.24, 2.45) is 0 Å². The van der Waals surface area contributed by atoms with Crippen molar-refractivity contribution in [3.8, 4) is 0 Å². The second-order valence-electron chi connectivity index (χ2n) is 3.99. The van der Waals surface area contributed by atoms with E-state index in [0.29, 0.717) is 5.92 Å². The van der Waals surface area contributed by atoms with Crippen LogP contribution in [0.4, 0.5) is 0 Å². The molecule has 0 aliphatic heterocycles. The molecule has 0 spiro atoms. The summed E-state index contributed by atoms with van der Waals surface area (Å²) in [6, 6.07) is 8.82. The summed E-state index contributed by atoms with van der Waals surface area (Å²) in [6.07, 6.45) is 3.17. The lowest BCUT2D eigenvalue weighted by atomic mass is 9.95. The maximum absolute atomic E-state index is 3.25. The Morgan fingerprint density at radius 3 is 2.93 bits per heavy atom. The zero-order chi connectivity index (χ0) is 10.7. The van der Waals surface area contributed by atoms with Crippen molar-refractivity contribution in [1.29, 1.82) is 0 Å². The molecular weight excluding hydrogens is 184 g/mol. The second-order valence-corrected chi connectivity index (χ2v) is 3.99. The number of benzene rings is 1.